The van der Waals surface area contributed by atoms with Crippen LogP contribution in [0.2, 0.25) is 0 Å². The molecule has 64 heavy (non-hydrogen) atoms. The van der Waals surface area contributed by atoms with Gasteiger partial charge in [0, 0.05) is 0 Å². The van der Waals surface area contributed by atoms with Crippen molar-refractivity contribution in [3.8, 4) is 0 Å². The second kappa shape index (κ2) is 32.2. The maximum atomic E-state index is 12.7. The minimum Gasteiger partial charge on any atom is -0.459 e. The first-order valence-electron chi connectivity index (χ1n) is 28.1. The largest absolute Gasteiger partial charge is 0.459 e. The lowest BCUT2D eigenvalue weighted by Crippen LogP contribution is -2.41. The number of rotatable bonds is 27. The van der Waals surface area contributed by atoms with Crippen LogP contribution in [0.4, 0.5) is 0 Å². The van der Waals surface area contributed by atoms with Gasteiger partial charge in [-0.05, 0) is 176 Å². The number of hydrogen-bond donors (Lipinski definition) is 0. The predicted molar refractivity (Wildman–Crippen MR) is 273 cm³/mol. The molecule has 3 aliphatic rings. The molecule has 0 radical (unpaired) electrons. The Morgan fingerprint density at radius 2 is 0.531 bits per heavy atom. The lowest BCUT2D eigenvalue weighted by molar-refractivity contribution is -0.176. The Labute approximate surface area is 398 Å². The van der Waals surface area contributed by atoms with E-state index in [1.54, 1.807) is 0 Å². The van der Waals surface area contributed by atoms with Gasteiger partial charge < -0.3 is 14.2 Å². The standard InChI is InChI=1S/C22H42O2.C19H36O2.C17H32O2/c1-5-7-8-9-11-14-17-22(18-15-12-10-13-16-19-22)24-20(23)21(3,4)6-2;1-5-7-8-9-11-14-19(15-12-10-13-16-19)21-17(20)18(3,4)6-2;1-5-7-8-9-12-17(13-10-11-14-17)19-15(18)16(3,4)6-2/h5-19H2,1-4H3;5-16H2,1-4H3;5-14H2,1-4H3. The molecule has 0 aromatic heterocycles. The fourth-order valence-corrected chi connectivity index (χ4v) is 9.56. The van der Waals surface area contributed by atoms with Gasteiger partial charge >= 0.3 is 17.9 Å². The highest BCUT2D eigenvalue weighted by molar-refractivity contribution is 5.77. The number of carbonyl (C=O) groups excluding carboxylic acids is 3. The number of ether oxygens (including phenoxy) is 3. The molecule has 6 heteroatoms. The molecule has 0 bridgehead atoms. The normalized spacial score (nSPS) is 18.6. The Bertz CT molecular complexity index is 1210. The van der Waals surface area contributed by atoms with Crippen LogP contribution in [0.15, 0.2) is 0 Å². The Hall–Kier alpha value is -1.59. The van der Waals surface area contributed by atoms with Crippen molar-refractivity contribution in [3.05, 3.63) is 0 Å². The third kappa shape index (κ3) is 23.4. The zero-order valence-corrected chi connectivity index (χ0v) is 45.1. The molecule has 0 spiro atoms. The van der Waals surface area contributed by atoms with Gasteiger partial charge in [0.2, 0.25) is 0 Å². The van der Waals surface area contributed by atoms with Gasteiger partial charge in [-0.3, -0.25) is 14.4 Å². The second-order valence-electron chi connectivity index (χ2n) is 23.0. The molecule has 0 aliphatic heterocycles. The van der Waals surface area contributed by atoms with Gasteiger partial charge in [0.1, 0.15) is 16.8 Å². The summed E-state index contributed by atoms with van der Waals surface area (Å²) < 4.78 is 18.4. The summed E-state index contributed by atoms with van der Waals surface area (Å²) in [5, 5.41) is 0. The van der Waals surface area contributed by atoms with E-state index in [0.29, 0.717) is 0 Å². The summed E-state index contributed by atoms with van der Waals surface area (Å²) in [7, 11) is 0. The minimum atomic E-state index is -0.351. The molecule has 0 amide bonds. The topological polar surface area (TPSA) is 78.9 Å². The van der Waals surface area contributed by atoms with E-state index in [1.807, 2.05) is 41.5 Å². The molecule has 0 N–H and O–H groups in total. The van der Waals surface area contributed by atoms with Crippen LogP contribution in [0.3, 0.4) is 0 Å². The van der Waals surface area contributed by atoms with Crippen LogP contribution in [0, 0.1) is 16.2 Å². The van der Waals surface area contributed by atoms with Gasteiger partial charge in [0.05, 0.1) is 16.2 Å². The Morgan fingerprint density at radius 1 is 0.328 bits per heavy atom. The lowest BCUT2D eigenvalue weighted by Gasteiger charge is -2.39. The highest BCUT2D eigenvalue weighted by Gasteiger charge is 2.42. The second-order valence-corrected chi connectivity index (χ2v) is 23.0. The summed E-state index contributed by atoms with van der Waals surface area (Å²) in [4.78, 5) is 37.5. The van der Waals surface area contributed by atoms with Crippen molar-refractivity contribution in [2.75, 3.05) is 0 Å². The fourth-order valence-electron chi connectivity index (χ4n) is 9.56. The summed E-state index contributed by atoms with van der Waals surface area (Å²) in [6.45, 7) is 25.0. The Kier molecular flexibility index (Phi) is 30.4. The third-order valence-electron chi connectivity index (χ3n) is 16.0. The minimum absolute atomic E-state index is 0.00684. The molecular formula is C58H110O6. The molecule has 3 rings (SSSR count). The van der Waals surface area contributed by atoms with Crippen LogP contribution in [0.5, 0.6) is 0 Å². The number of unbranched alkanes of at least 4 members (excludes halogenated alkanes) is 12. The van der Waals surface area contributed by atoms with E-state index >= 15 is 0 Å². The molecule has 378 valence electrons. The monoisotopic (exact) mass is 903 g/mol. The third-order valence-corrected chi connectivity index (χ3v) is 16.0. The summed E-state index contributed by atoms with van der Waals surface area (Å²) in [5.74, 6) is 0.0457. The molecule has 3 saturated carbocycles. The maximum absolute atomic E-state index is 12.7. The maximum Gasteiger partial charge on any atom is 0.312 e. The molecule has 0 saturated heterocycles. The Balaban J connectivity index is 0.000000483. The summed E-state index contributed by atoms with van der Waals surface area (Å²) in [5.41, 5.74) is -1.47. The zero-order valence-electron chi connectivity index (χ0n) is 45.1. The molecule has 0 heterocycles. The summed E-state index contributed by atoms with van der Waals surface area (Å²) in [6, 6.07) is 0. The highest BCUT2D eigenvalue weighted by atomic mass is 16.6. The molecule has 0 unspecified atom stereocenters. The van der Waals surface area contributed by atoms with E-state index < -0.39 is 0 Å². The van der Waals surface area contributed by atoms with Gasteiger partial charge in [0.25, 0.3) is 0 Å². The first-order valence-corrected chi connectivity index (χ1v) is 28.1. The first kappa shape index (κ1) is 60.4. The van der Waals surface area contributed by atoms with E-state index in [9.17, 15) is 14.4 Å². The molecule has 6 nitrogen and oxygen atoms in total. The molecule has 3 fully saturated rings. The van der Waals surface area contributed by atoms with E-state index in [1.165, 1.54) is 161 Å². The van der Waals surface area contributed by atoms with E-state index in [-0.39, 0.29) is 51.0 Å². The van der Waals surface area contributed by atoms with Crippen molar-refractivity contribution < 1.29 is 28.6 Å². The van der Waals surface area contributed by atoms with Gasteiger partial charge in [0.15, 0.2) is 0 Å². The van der Waals surface area contributed by atoms with Crippen LogP contribution in [0.25, 0.3) is 0 Å². The fraction of sp³-hybridized carbons (Fsp3) is 0.948. The zero-order chi connectivity index (χ0) is 48.0. The van der Waals surface area contributed by atoms with Gasteiger partial charge in [-0.25, -0.2) is 0 Å². The quantitative estimate of drug-likeness (QED) is 0.0464. The predicted octanol–water partition coefficient (Wildman–Crippen LogP) is 18.5. The average molecular weight is 904 g/mol. The summed E-state index contributed by atoms with van der Waals surface area (Å²) in [6.07, 6.45) is 44.0. The van der Waals surface area contributed by atoms with Crippen molar-refractivity contribution in [1.29, 1.82) is 0 Å². The number of carbonyl (C=O) groups is 3. The van der Waals surface area contributed by atoms with E-state index in [0.717, 1.165) is 77.0 Å². The molecule has 3 aliphatic carbocycles. The smallest absolute Gasteiger partial charge is 0.312 e. The summed E-state index contributed by atoms with van der Waals surface area (Å²) >= 11 is 0. The Morgan fingerprint density at radius 3 is 0.797 bits per heavy atom. The van der Waals surface area contributed by atoms with E-state index in [4.69, 9.17) is 14.2 Å². The average Bonchev–Trinajstić information content (AvgIpc) is 3.73. The SMILES string of the molecule is CCCCCCC1(OC(=O)C(C)(C)CC)CCCC1.CCCCCCCC1(OC(=O)C(C)(C)CC)CCCCC1.CCCCCCCCC1(OC(=O)C(C)(C)CC)CCCCCCC1. The van der Waals surface area contributed by atoms with Crippen LogP contribution in [-0.4, -0.2) is 34.7 Å². The van der Waals surface area contributed by atoms with Gasteiger partial charge in [-0.1, -0.05) is 144 Å². The van der Waals surface area contributed by atoms with Crippen molar-refractivity contribution in [3.63, 3.8) is 0 Å². The van der Waals surface area contributed by atoms with Crippen molar-refractivity contribution in [2.45, 2.75) is 337 Å². The number of esters is 3. The van der Waals surface area contributed by atoms with Crippen molar-refractivity contribution in [1.82, 2.24) is 0 Å². The van der Waals surface area contributed by atoms with Crippen LogP contribution >= 0.6 is 0 Å². The highest BCUT2D eigenvalue weighted by Crippen LogP contribution is 2.41. The molecule has 0 atom stereocenters. The van der Waals surface area contributed by atoms with Crippen LogP contribution in [0.1, 0.15) is 321 Å². The molecule has 0 aromatic rings. The van der Waals surface area contributed by atoms with Crippen LogP contribution in [-0.2, 0) is 28.6 Å². The van der Waals surface area contributed by atoms with Gasteiger partial charge in [-0.2, -0.15) is 0 Å². The van der Waals surface area contributed by atoms with Crippen LogP contribution < -0.4 is 0 Å². The molecular weight excluding hydrogens is 793 g/mol. The molecule has 0 aromatic carbocycles. The first-order chi connectivity index (χ1) is 30.4. The van der Waals surface area contributed by atoms with Crippen molar-refractivity contribution >= 4 is 17.9 Å². The lowest BCUT2D eigenvalue weighted by atomic mass is 9.80. The van der Waals surface area contributed by atoms with Gasteiger partial charge in [-0.15, -0.1) is 0 Å². The number of hydrogen-bond acceptors (Lipinski definition) is 6. The van der Waals surface area contributed by atoms with E-state index in [2.05, 4.69) is 41.5 Å². The van der Waals surface area contributed by atoms with Crippen molar-refractivity contribution in [2.24, 2.45) is 16.2 Å².